The summed E-state index contributed by atoms with van der Waals surface area (Å²) < 4.78 is 0. The zero-order valence-corrected chi connectivity index (χ0v) is 11.7. The summed E-state index contributed by atoms with van der Waals surface area (Å²) in [7, 11) is 0. The molecule has 0 unspecified atom stereocenters. The van der Waals surface area contributed by atoms with Crippen molar-refractivity contribution < 1.29 is 9.90 Å². The number of carboxylic acid groups (broad SMARTS) is 1. The lowest BCUT2D eigenvalue weighted by Crippen LogP contribution is -2.01. The number of aromatic nitrogens is 1. The van der Waals surface area contributed by atoms with Crippen LogP contribution in [0.3, 0.4) is 0 Å². The molecule has 3 heteroatoms. The molecule has 0 aliphatic heterocycles. The summed E-state index contributed by atoms with van der Waals surface area (Å²) in [6, 6.07) is 7.91. The van der Waals surface area contributed by atoms with Crippen LogP contribution in [0.1, 0.15) is 46.9 Å². The maximum absolute atomic E-state index is 11.3. The lowest BCUT2D eigenvalue weighted by atomic mass is 10.0. The highest BCUT2D eigenvalue weighted by molar-refractivity contribution is 5.91. The summed E-state index contributed by atoms with van der Waals surface area (Å²) in [5, 5.41) is 9.27. The molecule has 0 aliphatic carbocycles. The van der Waals surface area contributed by atoms with Crippen LogP contribution in [-0.4, -0.2) is 16.1 Å². The summed E-state index contributed by atoms with van der Waals surface area (Å²) in [4.78, 5) is 14.5. The molecule has 0 aliphatic rings. The maximum atomic E-state index is 11.3. The van der Waals surface area contributed by atoms with Crippen molar-refractivity contribution in [2.24, 2.45) is 0 Å². The first-order valence-corrected chi connectivity index (χ1v) is 6.44. The molecule has 0 atom stereocenters. The van der Waals surface area contributed by atoms with Crippen LogP contribution in [0.4, 0.5) is 0 Å². The molecule has 100 valence electrons. The number of aromatic amines is 1. The van der Waals surface area contributed by atoms with E-state index in [0.717, 1.165) is 22.5 Å². The minimum absolute atomic E-state index is 0.158. The average Bonchev–Trinajstić information content (AvgIpc) is 2.73. The Morgan fingerprint density at radius 1 is 1.21 bits per heavy atom. The highest BCUT2D eigenvalue weighted by atomic mass is 16.4. The van der Waals surface area contributed by atoms with Crippen molar-refractivity contribution in [3.8, 4) is 11.3 Å². The minimum Gasteiger partial charge on any atom is -0.478 e. The van der Waals surface area contributed by atoms with Gasteiger partial charge in [-0.05, 0) is 31.4 Å². The zero-order chi connectivity index (χ0) is 14.2. The number of benzene rings is 1. The highest BCUT2D eigenvalue weighted by Crippen LogP contribution is 2.28. The fraction of sp³-hybridized carbons (Fsp3) is 0.312. The van der Waals surface area contributed by atoms with E-state index in [9.17, 15) is 9.90 Å². The van der Waals surface area contributed by atoms with E-state index in [1.807, 2.05) is 39.8 Å². The topological polar surface area (TPSA) is 53.1 Å². The van der Waals surface area contributed by atoms with Gasteiger partial charge in [-0.15, -0.1) is 0 Å². The third-order valence-electron chi connectivity index (χ3n) is 3.33. The Hall–Kier alpha value is -2.03. The minimum atomic E-state index is -0.879. The van der Waals surface area contributed by atoms with E-state index >= 15 is 0 Å². The Morgan fingerprint density at radius 2 is 1.89 bits per heavy atom. The van der Waals surface area contributed by atoms with Crippen molar-refractivity contribution in [2.75, 3.05) is 0 Å². The van der Waals surface area contributed by atoms with Crippen LogP contribution in [0.2, 0.25) is 0 Å². The number of carboxylic acids is 1. The number of hydrogen-bond donors (Lipinski definition) is 2. The second kappa shape index (κ2) is 4.92. The molecule has 3 nitrogen and oxygen atoms in total. The van der Waals surface area contributed by atoms with E-state index in [4.69, 9.17) is 0 Å². The molecule has 2 rings (SSSR count). The largest absolute Gasteiger partial charge is 0.478 e. The predicted molar refractivity (Wildman–Crippen MR) is 76.8 cm³/mol. The van der Waals surface area contributed by atoms with Gasteiger partial charge in [0.05, 0.1) is 5.56 Å². The number of H-pyrrole nitrogens is 1. The molecule has 2 aromatic rings. The van der Waals surface area contributed by atoms with Crippen LogP contribution in [0, 0.1) is 13.8 Å². The molecular weight excluding hydrogens is 238 g/mol. The lowest BCUT2D eigenvalue weighted by molar-refractivity contribution is 0.0695. The number of nitrogens with one attached hydrogen (secondary N) is 1. The fourth-order valence-corrected chi connectivity index (χ4v) is 2.36. The molecule has 19 heavy (non-hydrogen) atoms. The predicted octanol–water partition coefficient (Wildman–Crippen LogP) is 4.12. The number of rotatable bonds is 3. The molecule has 1 aromatic carbocycles. The third kappa shape index (κ3) is 2.55. The zero-order valence-electron chi connectivity index (χ0n) is 11.7. The van der Waals surface area contributed by atoms with E-state index in [1.54, 1.807) is 6.07 Å². The summed E-state index contributed by atoms with van der Waals surface area (Å²) in [5.74, 6) is -0.721. The summed E-state index contributed by atoms with van der Waals surface area (Å²) >= 11 is 0. The van der Waals surface area contributed by atoms with Gasteiger partial charge in [0, 0.05) is 17.0 Å². The van der Waals surface area contributed by atoms with Gasteiger partial charge in [0.15, 0.2) is 0 Å². The lowest BCUT2D eigenvalue weighted by Gasteiger charge is -2.06. The molecular formula is C16H19NO2. The average molecular weight is 257 g/mol. The summed E-state index contributed by atoms with van der Waals surface area (Å²) in [5.41, 5.74) is 5.43. The Balaban J connectivity index is 2.57. The number of aromatic carboxylic acids is 1. The first-order chi connectivity index (χ1) is 8.90. The van der Waals surface area contributed by atoms with Crippen molar-refractivity contribution in [2.45, 2.75) is 33.6 Å². The monoisotopic (exact) mass is 257 g/mol. The summed E-state index contributed by atoms with van der Waals surface area (Å²) in [6.07, 6.45) is 0. The Kier molecular flexibility index (Phi) is 3.47. The maximum Gasteiger partial charge on any atom is 0.337 e. The first kappa shape index (κ1) is 13.4. The van der Waals surface area contributed by atoms with Crippen LogP contribution in [0.5, 0.6) is 0 Å². The van der Waals surface area contributed by atoms with Gasteiger partial charge in [0.2, 0.25) is 0 Å². The van der Waals surface area contributed by atoms with Gasteiger partial charge in [0.25, 0.3) is 0 Å². The molecule has 0 saturated carbocycles. The molecule has 1 aromatic heterocycles. The summed E-state index contributed by atoms with van der Waals surface area (Å²) in [6.45, 7) is 8.07. The number of aryl methyl sites for hydroxylation is 2. The van der Waals surface area contributed by atoms with Crippen LogP contribution in [0.15, 0.2) is 24.3 Å². The van der Waals surface area contributed by atoms with Gasteiger partial charge in [-0.1, -0.05) is 37.6 Å². The van der Waals surface area contributed by atoms with Crippen LogP contribution >= 0.6 is 0 Å². The number of hydrogen-bond acceptors (Lipinski definition) is 1. The van der Waals surface area contributed by atoms with E-state index in [1.165, 1.54) is 5.56 Å². The quantitative estimate of drug-likeness (QED) is 0.869. The molecule has 0 saturated heterocycles. The molecule has 0 amide bonds. The molecule has 1 heterocycles. The molecule has 0 fully saturated rings. The normalized spacial score (nSPS) is 11.0. The number of carbonyl (C=O) groups is 1. The van der Waals surface area contributed by atoms with Crippen molar-refractivity contribution in [3.05, 3.63) is 46.6 Å². The van der Waals surface area contributed by atoms with Crippen LogP contribution in [-0.2, 0) is 0 Å². The third-order valence-corrected chi connectivity index (χ3v) is 3.33. The molecule has 2 N–H and O–H groups in total. The van der Waals surface area contributed by atoms with Gasteiger partial charge in [-0.3, -0.25) is 0 Å². The Bertz CT molecular complexity index is 624. The molecule has 0 bridgehead atoms. The SMILES string of the molecule is Cc1ccc(-c2cc(C(=O)O)c(C(C)C)[nH]2)c(C)c1. The Labute approximate surface area is 113 Å². The van der Waals surface area contributed by atoms with Crippen molar-refractivity contribution in [3.63, 3.8) is 0 Å². The molecule has 0 radical (unpaired) electrons. The Morgan fingerprint density at radius 3 is 2.37 bits per heavy atom. The van der Waals surface area contributed by atoms with E-state index in [2.05, 4.69) is 11.1 Å². The smallest absolute Gasteiger partial charge is 0.337 e. The van der Waals surface area contributed by atoms with Crippen LogP contribution in [0.25, 0.3) is 11.3 Å². The van der Waals surface area contributed by atoms with Gasteiger partial charge in [0.1, 0.15) is 0 Å². The van der Waals surface area contributed by atoms with Gasteiger partial charge in [-0.2, -0.15) is 0 Å². The molecule has 0 spiro atoms. The fourth-order valence-electron chi connectivity index (χ4n) is 2.36. The van der Waals surface area contributed by atoms with E-state index in [-0.39, 0.29) is 5.92 Å². The van der Waals surface area contributed by atoms with Gasteiger partial charge < -0.3 is 10.1 Å². The van der Waals surface area contributed by atoms with Gasteiger partial charge in [-0.25, -0.2) is 4.79 Å². The van der Waals surface area contributed by atoms with E-state index < -0.39 is 5.97 Å². The van der Waals surface area contributed by atoms with Crippen LogP contribution < -0.4 is 0 Å². The highest BCUT2D eigenvalue weighted by Gasteiger charge is 2.18. The van der Waals surface area contributed by atoms with Crippen molar-refractivity contribution >= 4 is 5.97 Å². The van der Waals surface area contributed by atoms with Gasteiger partial charge >= 0.3 is 5.97 Å². The first-order valence-electron chi connectivity index (χ1n) is 6.44. The second-order valence-electron chi connectivity index (χ2n) is 5.29. The standard InChI is InChI=1S/C16H19NO2/c1-9(2)15-13(16(18)19)8-14(17-15)12-6-5-10(3)7-11(12)4/h5-9,17H,1-4H3,(H,18,19). The van der Waals surface area contributed by atoms with E-state index in [0.29, 0.717) is 5.56 Å². The second-order valence-corrected chi connectivity index (χ2v) is 5.29. The van der Waals surface area contributed by atoms with Crippen molar-refractivity contribution in [1.29, 1.82) is 0 Å². The van der Waals surface area contributed by atoms with Crippen molar-refractivity contribution in [1.82, 2.24) is 4.98 Å².